The Labute approximate surface area is 117 Å². The van der Waals surface area contributed by atoms with Crippen molar-refractivity contribution in [1.82, 2.24) is 4.57 Å². The molecule has 1 aromatic heterocycles. The number of benzene rings is 1. The molecule has 0 aliphatic carbocycles. The fourth-order valence-electron chi connectivity index (χ4n) is 1.48. The molecule has 1 heterocycles. The first kappa shape index (κ1) is 17.0. The van der Waals surface area contributed by atoms with Crippen molar-refractivity contribution in [3.05, 3.63) is 33.9 Å². The molecule has 2 rings (SSSR count). The predicted octanol–water partition coefficient (Wildman–Crippen LogP) is 3.93. The Morgan fingerprint density at radius 1 is 1.22 bits per heavy atom. The molecule has 18 heavy (non-hydrogen) atoms. The standard InChI is InChI=1S/C10H7Cl2NO.C2H6.CH4O/c1-13-6(5-14)4-7-9(13)3-2-8(11)10(7)12;2*1-2/h2-5H,1H3;1-2H3;2H,1H3. The molecule has 0 spiro atoms. The molecule has 1 N–H and O–H groups in total. The number of carbonyl (C=O) groups is 1. The molecule has 0 amide bonds. The van der Waals surface area contributed by atoms with E-state index in [0.717, 1.165) is 24.3 Å². The van der Waals surface area contributed by atoms with Gasteiger partial charge in [0.25, 0.3) is 0 Å². The number of aryl methyl sites for hydroxylation is 1. The summed E-state index contributed by atoms with van der Waals surface area (Å²) in [6.07, 6.45) is 0.796. The molecule has 100 valence electrons. The summed E-state index contributed by atoms with van der Waals surface area (Å²) in [5, 5.41) is 8.80. The van der Waals surface area contributed by atoms with E-state index in [4.69, 9.17) is 28.3 Å². The third kappa shape index (κ3) is 3.25. The summed E-state index contributed by atoms with van der Waals surface area (Å²) in [5.74, 6) is 0. The van der Waals surface area contributed by atoms with E-state index in [1.807, 2.05) is 27.0 Å². The summed E-state index contributed by atoms with van der Waals surface area (Å²) in [5.41, 5.74) is 1.49. The Bertz CT molecular complexity index is 521. The number of aliphatic hydroxyl groups excluding tert-OH is 1. The fourth-order valence-corrected chi connectivity index (χ4v) is 1.86. The van der Waals surface area contributed by atoms with Gasteiger partial charge in [-0.2, -0.15) is 0 Å². The van der Waals surface area contributed by atoms with Crippen LogP contribution in [0.5, 0.6) is 0 Å². The largest absolute Gasteiger partial charge is 0.400 e. The first-order valence-corrected chi connectivity index (χ1v) is 6.24. The molecule has 0 bridgehead atoms. The van der Waals surface area contributed by atoms with Gasteiger partial charge in [0.15, 0.2) is 6.29 Å². The summed E-state index contributed by atoms with van der Waals surface area (Å²) in [6.45, 7) is 4.00. The molecule has 0 aliphatic heterocycles. The van der Waals surface area contributed by atoms with Crippen molar-refractivity contribution in [2.24, 2.45) is 7.05 Å². The molecule has 0 saturated heterocycles. The minimum atomic E-state index is 0.493. The van der Waals surface area contributed by atoms with Crippen molar-refractivity contribution in [3.8, 4) is 0 Å². The van der Waals surface area contributed by atoms with Crippen LogP contribution in [0, 0.1) is 0 Å². The number of fused-ring (bicyclic) bond motifs is 1. The van der Waals surface area contributed by atoms with Crippen molar-refractivity contribution in [2.45, 2.75) is 13.8 Å². The number of nitrogens with zero attached hydrogens (tertiary/aromatic N) is 1. The smallest absolute Gasteiger partial charge is 0.166 e. The fraction of sp³-hybridized carbons (Fsp3) is 0.308. The number of aldehydes is 1. The highest BCUT2D eigenvalue weighted by Gasteiger charge is 2.09. The average Bonchev–Trinajstić information content (AvgIpc) is 2.76. The lowest BCUT2D eigenvalue weighted by Crippen LogP contribution is -1.92. The number of carbonyl (C=O) groups excluding carboxylic acids is 1. The summed E-state index contributed by atoms with van der Waals surface area (Å²) in [4.78, 5) is 10.7. The maximum Gasteiger partial charge on any atom is 0.166 e. The number of aliphatic hydroxyl groups is 1. The van der Waals surface area contributed by atoms with E-state index in [-0.39, 0.29) is 0 Å². The van der Waals surface area contributed by atoms with E-state index in [0.29, 0.717) is 15.7 Å². The van der Waals surface area contributed by atoms with Crippen LogP contribution >= 0.6 is 23.2 Å². The van der Waals surface area contributed by atoms with Crippen LogP contribution in [0.15, 0.2) is 18.2 Å². The van der Waals surface area contributed by atoms with Gasteiger partial charge in [0.2, 0.25) is 0 Å². The molecule has 1 aromatic carbocycles. The minimum absolute atomic E-state index is 0.493. The van der Waals surface area contributed by atoms with E-state index >= 15 is 0 Å². The van der Waals surface area contributed by atoms with Crippen LogP contribution in [-0.4, -0.2) is 23.1 Å². The molecule has 0 atom stereocenters. The van der Waals surface area contributed by atoms with Gasteiger partial charge in [-0.1, -0.05) is 37.0 Å². The highest BCUT2D eigenvalue weighted by atomic mass is 35.5. The van der Waals surface area contributed by atoms with Crippen LogP contribution in [-0.2, 0) is 7.05 Å². The lowest BCUT2D eigenvalue weighted by Gasteiger charge is -1.99. The highest BCUT2D eigenvalue weighted by molar-refractivity contribution is 6.45. The van der Waals surface area contributed by atoms with E-state index in [2.05, 4.69) is 0 Å². The summed E-state index contributed by atoms with van der Waals surface area (Å²) in [7, 11) is 2.82. The molecule has 5 heteroatoms. The topological polar surface area (TPSA) is 42.2 Å². The summed E-state index contributed by atoms with van der Waals surface area (Å²) in [6, 6.07) is 5.30. The van der Waals surface area contributed by atoms with E-state index < -0.39 is 0 Å². The van der Waals surface area contributed by atoms with E-state index in [9.17, 15) is 4.79 Å². The van der Waals surface area contributed by atoms with Crippen molar-refractivity contribution >= 4 is 40.4 Å². The molecule has 2 aromatic rings. The Kier molecular flexibility index (Phi) is 7.67. The second-order valence-corrected chi connectivity index (χ2v) is 3.83. The zero-order valence-electron chi connectivity index (χ0n) is 10.9. The van der Waals surface area contributed by atoms with E-state index in [1.54, 1.807) is 16.7 Å². The summed E-state index contributed by atoms with van der Waals surface area (Å²) < 4.78 is 1.78. The number of aromatic nitrogens is 1. The monoisotopic (exact) mass is 289 g/mol. The van der Waals surface area contributed by atoms with Crippen LogP contribution in [0.1, 0.15) is 24.3 Å². The van der Waals surface area contributed by atoms with Crippen LogP contribution in [0.2, 0.25) is 10.0 Å². The second kappa shape index (κ2) is 8.14. The molecular weight excluding hydrogens is 273 g/mol. The first-order valence-electron chi connectivity index (χ1n) is 5.48. The Morgan fingerprint density at radius 2 is 1.78 bits per heavy atom. The quantitative estimate of drug-likeness (QED) is 0.808. The van der Waals surface area contributed by atoms with Crippen molar-refractivity contribution in [2.75, 3.05) is 7.11 Å². The molecule has 0 fully saturated rings. The Balaban J connectivity index is 0.000000659. The number of hydrogen-bond donors (Lipinski definition) is 1. The zero-order chi connectivity index (χ0) is 14.3. The SMILES string of the molecule is CC.CO.Cn1c(C=O)cc2c(Cl)c(Cl)ccc21. The Morgan fingerprint density at radius 3 is 2.28 bits per heavy atom. The van der Waals surface area contributed by atoms with Gasteiger partial charge in [0.1, 0.15) is 0 Å². The van der Waals surface area contributed by atoms with Gasteiger partial charge in [-0.3, -0.25) is 4.79 Å². The van der Waals surface area contributed by atoms with Crippen LogP contribution < -0.4 is 0 Å². The molecule has 3 nitrogen and oxygen atoms in total. The van der Waals surface area contributed by atoms with Crippen molar-refractivity contribution < 1.29 is 9.90 Å². The van der Waals surface area contributed by atoms with Gasteiger partial charge < -0.3 is 9.67 Å². The normalized spacial score (nSPS) is 9.06. The lowest BCUT2D eigenvalue weighted by molar-refractivity contribution is 0.111. The molecule has 0 saturated carbocycles. The number of hydrogen-bond acceptors (Lipinski definition) is 2. The van der Waals surface area contributed by atoms with Gasteiger partial charge >= 0.3 is 0 Å². The Hall–Kier alpha value is -1.03. The molecule has 0 aliphatic rings. The molecular formula is C13H17Cl2NO2. The molecule has 0 radical (unpaired) electrons. The second-order valence-electron chi connectivity index (χ2n) is 3.04. The van der Waals surface area contributed by atoms with Gasteiger partial charge in [0, 0.05) is 25.1 Å². The predicted molar refractivity (Wildman–Crippen MR) is 77.8 cm³/mol. The molecule has 0 unspecified atom stereocenters. The van der Waals surface area contributed by atoms with Crippen molar-refractivity contribution in [1.29, 1.82) is 0 Å². The minimum Gasteiger partial charge on any atom is -0.400 e. The van der Waals surface area contributed by atoms with Gasteiger partial charge in [-0.05, 0) is 18.2 Å². The maximum absolute atomic E-state index is 10.7. The van der Waals surface area contributed by atoms with Crippen LogP contribution in [0.25, 0.3) is 10.9 Å². The van der Waals surface area contributed by atoms with Gasteiger partial charge in [0.05, 0.1) is 15.7 Å². The third-order valence-corrected chi connectivity index (χ3v) is 3.09. The average molecular weight is 290 g/mol. The summed E-state index contributed by atoms with van der Waals surface area (Å²) >= 11 is 11.9. The van der Waals surface area contributed by atoms with Gasteiger partial charge in [-0.25, -0.2) is 0 Å². The van der Waals surface area contributed by atoms with Crippen LogP contribution in [0.3, 0.4) is 0 Å². The number of halogens is 2. The van der Waals surface area contributed by atoms with E-state index in [1.165, 1.54) is 0 Å². The highest BCUT2D eigenvalue weighted by Crippen LogP contribution is 2.31. The van der Waals surface area contributed by atoms with Crippen LogP contribution in [0.4, 0.5) is 0 Å². The third-order valence-electron chi connectivity index (χ3n) is 2.27. The van der Waals surface area contributed by atoms with Crippen molar-refractivity contribution in [3.63, 3.8) is 0 Å². The zero-order valence-corrected chi connectivity index (χ0v) is 12.4. The number of rotatable bonds is 1. The first-order chi connectivity index (χ1) is 8.65. The lowest BCUT2D eigenvalue weighted by atomic mass is 10.2. The maximum atomic E-state index is 10.7. The van der Waals surface area contributed by atoms with Gasteiger partial charge in [-0.15, -0.1) is 0 Å².